The fourth-order valence-corrected chi connectivity index (χ4v) is 4.98. The van der Waals surface area contributed by atoms with Gasteiger partial charge in [-0.25, -0.2) is 8.42 Å². The van der Waals surface area contributed by atoms with Crippen LogP contribution in [0.15, 0.2) is 46.1 Å². The summed E-state index contributed by atoms with van der Waals surface area (Å²) in [4.78, 5) is 15.5. The number of hydrogen-bond acceptors (Lipinski definition) is 4. The van der Waals surface area contributed by atoms with Gasteiger partial charge in [-0.05, 0) is 61.7 Å². The molecule has 0 spiro atoms. The Hall–Kier alpha value is -2.19. The maximum atomic E-state index is 13.1. The number of halogens is 1. The van der Waals surface area contributed by atoms with Gasteiger partial charge in [0.2, 0.25) is 10.0 Å². The van der Waals surface area contributed by atoms with Crippen molar-refractivity contribution in [2.45, 2.75) is 32.2 Å². The Labute approximate surface area is 174 Å². The van der Waals surface area contributed by atoms with E-state index in [1.807, 2.05) is 26.0 Å². The second kappa shape index (κ2) is 8.28. The SMILES string of the molecule is Cc1cc(C)c2cc(CN(CCO)S(=O)(=O)c3ccc(C)c(Cl)c3)c(=O)[nH]c2c1. The Morgan fingerprint density at radius 2 is 1.79 bits per heavy atom. The summed E-state index contributed by atoms with van der Waals surface area (Å²) >= 11 is 6.10. The summed E-state index contributed by atoms with van der Waals surface area (Å²) in [5.74, 6) is 0. The maximum absolute atomic E-state index is 13.1. The first-order valence-electron chi connectivity index (χ1n) is 9.14. The quantitative estimate of drug-likeness (QED) is 0.622. The number of fused-ring (bicyclic) bond motifs is 1. The minimum atomic E-state index is -3.95. The third kappa shape index (κ3) is 4.38. The molecule has 0 unspecified atom stereocenters. The third-order valence-electron chi connectivity index (χ3n) is 4.87. The van der Waals surface area contributed by atoms with Crippen LogP contribution in [-0.2, 0) is 16.6 Å². The Morgan fingerprint density at radius 1 is 1.07 bits per heavy atom. The van der Waals surface area contributed by atoms with Crippen molar-refractivity contribution in [1.29, 1.82) is 0 Å². The molecule has 1 heterocycles. The monoisotopic (exact) mass is 434 g/mol. The Morgan fingerprint density at radius 3 is 2.45 bits per heavy atom. The zero-order valence-corrected chi connectivity index (χ0v) is 18.1. The van der Waals surface area contributed by atoms with Gasteiger partial charge in [0, 0.05) is 34.6 Å². The van der Waals surface area contributed by atoms with Crippen molar-refractivity contribution >= 4 is 32.5 Å². The van der Waals surface area contributed by atoms with Crippen molar-refractivity contribution in [3.63, 3.8) is 0 Å². The standard InChI is InChI=1S/C21H23ClN2O4S/c1-13-8-15(3)18-10-16(21(26)23-20(18)9-13)12-24(6-7-25)29(27,28)17-5-4-14(2)19(22)11-17/h4-5,8-11,25H,6-7,12H2,1-3H3,(H,23,26). The lowest BCUT2D eigenvalue weighted by Crippen LogP contribution is -2.35. The van der Waals surface area contributed by atoms with E-state index in [-0.39, 0.29) is 30.2 Å². The molecule has 3 rings (SSSR count). The number of H-pyrrole nitrogens is 1. The van der Waals surface area contributed by atoms with Crippen molar-refractivity contribution in [2.24, 2.45) is 0 Å². The average Bonchev–Trinajstić information content (AvgIpc) is 2.64. The van der Waals surface area contributed by atoms with Gasteiger partial charge in [-0.15, -0.1) is 0 Å². The van der Waals surface area contributed by atoms with Gasteiger partial charge in [0.05, 0.1) is 11.5 Å². The van der Waals surface area contributed by atoms with Crippen molar-refractivity contribution in [2.75, 3.05) is 13.2 Å². The second-order valence-corrected chi connectivity index (χ2v) is 9.49. The van der Waals surface area contributed by atoms with E-state index in [0.717, 1.165) is 26.4 Å². The Kier molecular flexibility index (Phi) is 6.14. The molecule has 0 fully saturated rings. The molecule has 0 bridgehead atoms. The molecule has 0 amide bonds. The zero-order chi connectivity index (χ0) is 21.3. The number of aryl methyl sites for hydroxylation is 3. The molecule has 0 aliphatic heterocycles. The number of benzene rings is 2. The van der Waals surface area contributed by atoms with Crippen LogP contribution >= 0.6 is 11.6 Å². The Bertz CT molecular complexity index is 1240. The highest BCUT2D eigenvalue weighted by atomic mass is 35.5. The maximum Gasteiger partial charge on any atom is 0.252 e. The predicted molar refractivity (Wildman–Crippen MR) is 115 cm³/mol. The lowest BCUT2D eigenvalue weighted by Gasteiger charge is -2.21. The number of aliphatic hydroxyl groups excluding tert-OH is 1. The van der Waals surface area contributed by atoms with Gasteiger partial charge in [0.25, 0.3) is 5.56 Å². The molecule has 0 radical (unpaired) electrons. The number of nitrogens with zero attached hydrogens (tertiary/aromatic N) is 1. The number of aliphatic hydroxyl groups is 1. The molecule has 1 aromatic heterocycles. The molecular weight excluding hydrogens is 412 g/mol. The van der Waals surface area contributed by atoms with Gasteiger partial charge in [0.1, 0.15) is 0 Å². The van der Waals surface area contributed by atoms with Crippen LogP contribution in [0.2, 0.25) is 5.02 Å². The van der Waals surface area contributed by atoms with E-state index in [0.29, 0.717) is 16.1 Å². The summed E-state index contributed by atoms with van der Waals surface area (Å²) in [5.41, 5.74) is 3.43. The van der Waals surface area contributed by atoms with E-state index in [4.69, 9.17) is 11.6 Å². The lowest BCUT2D eigenvalue weighted by atomic mass is 10.0. The fourth-order valence-electron chi connectivity index (χ4n) is 3.30. The zero-order valence-electron chi connectivity index (χ0n) is 16.5. The average molecular weight is 435 g/mol. The highest BCUT2D eigenvalue weighted by molar-refractivity contribution is 7.89. The highest BCUT2D eigenvalue weighted by Crippen LogP contribution is 2.24. The number of rotatable bonds is 6. The normalized spacial score (nSPS) is 12.1. The number of pyridine rings is 1. The van der Waals surface area contributed by atoms with Crippen molar-refractivity contribution < 1.29 is 13.5 Å². The van der Waals surface area contributed by atoms with Crippen molar-refractivity contribution in [3.8, 4) is 0 Å². The summed E-state index contributed by atoms with van der Waals surface area (Å²) < 4.78 is 27.3. The first-order valence-corrected chi connectivity index (χ1v) is 11.0. The summed E-state index contributed by atoms with van der Waals surface area (Å²) in [6, 6.07) is 10.1. The molecule has 29 heavy (non-hydrogen) atoms. The number of hydrogen-bond donors (Lipinski definition) is 2. The first kappa shape index (κ1) is 21.5. The minimum Gasteiger partial charge on any atom is -0.395 e. The Balaban J connectivity index is 2.05. The van der Waals surface area contributed by atoms with Gasteiger partial charge in [-0.2, -0.15) is 4.31 Å². The summed E-state index contributed by atoms with van der Waals surface area (Å²) in [6.45, 7) is 4.99. The van der Waals surface area contributed by atoms with Crippen LogP contribution in [0.4, 0.5) is 0 Å². The fraction of sp³-hybridized carbons (Fsp3) is 0.286. The summed E-state index contributed by atoms with van der Waals surface area (Å²) in [7, 11) is -3.95. The van der Waals surface area contributed by atoms with E-state index >= 15 is 0 Å². The molecule has 0 aliphatic rings. The van der Waals surface area contributed by atoms with E-state index < -0.39 is 10.0 Å². The second-order valence-electron chi connectivity index (χ2n) is 7.14. The molecule has 154 valence electrons. The van der Waals surface area contributed by atoms with Gasteiger partial charge in [-0.3, -0.25) is 4.79 Å². The molecule has 0 aliphatic carbocycles. The largest absolute Gasteiger partial charge is 0.395 e. The van der Waals surface area contributed by atoms with Crippen molar-refractivity contribution in [3.05, 3.63) is 74.0 Å². The van der Waals surface area contributed by atoms with Crippen LogP contribution in [0.3, 0.4) is 0 Å². The van der Waals surface area contributed by atoms with E-state index in [1.54, 1.807) is 19.1 Å². The van der Waals surface area contributed by atoms with E-state index in [2.05, 4.69) is 4.98 Å². The molecule has 0 saturated heterocycles. The van der Waals surface area contributed by atoms with E-state index in [9.17, 15) is 18.3 Å². The topological polar surface area (TPSA) is 90.5 Å². The van der Waals surface area contributed by atoms with Gasteiger partial charge in [-0.1, -0.05) is 23.7 Å². The number of nitrogens with one attached hydrogen (secondary N) is 1. The van der Waals surface area contributed by atoms with Crippen LogP contribution in [-0.4, -0.2) is 36.0 Å². The summed E-state index contributed by atoms with van der Waals surface area (Å²) in [5, 5.41) is 10.6. The van der Waals surface area contributed by atoms with Crippen LogP contribution in [0, 0.1) is 20.8 Å². The smallest absolute Gasteiger partial charge is 0.252 e. The van der Waals surface area contributed by atoms with Crippen molar-refractivity contribution in [1.82, 2.24) is 9.29 Å². The first-order chi connectivity index (χ1) is 13.6. The molecule has 0 saturated carbocycles. The van der Waals surface area contributed by atoms with Crippen LogP contribution in [0.5, 0.6) is 0 Å². The van der Waals surface area contributed by atoms with Crippen LogP contribution in [0.1, 0.15) is 22.3 Å². The molecule has 2 N–H and O–H groups in total. The highest BCUT2D eigenvalue weighted by Gasteiger charge is 2.26. The van der Waals surface area contributed by atoms with Gasteiger partial charge in [0.15, 0.2) is 0 Å². The molecule has 6 nitrogen and oxygen atoms in total. The van der Waals surface area contributed by atoms with E-state index in [1.165, 1.54) is 12.1 Å². The molecule has 3 aromatic rings. The predicted octanol–water partition coefficient (Wildman–Crippen LogP) is 3.29. The number of aromatic amines is 1. The minimum absolute atomic E-state index is 0.0190. The molecule has 0 atom stereocenters. The number of aromatic nitrogens is 1. The lowest BCUT2D eigenvalue weighted by molar-refractivity contribution is 0.251. The third-order valence-corrected chi connectivity index (χ3v) is 7.12. The van der Waals surface area contributed by atoms with Crippen LogP contribution < -0.4 is 5.56 Å². The molecule has 2 aromatic carbocycles. The van der Waals surface area contributed by atoms with Gasteiger partial charge >= 0.3 is 0 Å². The summed E-state index contributed by atoms with van der Waals surface area (Å²) in [6.07, 6.45) is 0. The molecular formula is C21H23ClN2O4S. The number of sulfonamides is 1. The molecule has 8 heteroatoms. The van der Waals surface area contributed by atoms with Gasteiger partial charge < -0.3 is 10.1 Å². The van der Waals surface area contributed by atoms with Crippen LogP contribution in [0.25, 0.3) is 10.9 Å².